The Morgan fingerprint density at radius 2 is 2.25 bits per heavy atom. The minimum atomic E-state index is -0.728. The number of aliphatic hydroxyl groups is 1. The fraction of sp³-hybridized carbons (Fsp3) is 0.800. The quantitative estimate of drug-likeness (QED) is 0.496. The van der Waals surface area contributed by atoms with E-state index in [1.807, 2.05) is 19.9 Å². The van der Waals surface area contributed by atoms with Gasteiger partial charge in [-0.1, -0.05) is 18.9 Å². The fourth-order valence-corrected chi connectivity index (χ4v) is 2.24. The van der Waals surface area contributed by atoms with E-state index in [1.54, 1.807) is 0 Å². The van der Waals surface area contributed by atoms with Crippen LogP contribution in [0.1, 0.15) is 39.5 Å². The molecule has 1 fully saturated rings. The maximum Gasteiger partial charge on any atom is 0.102 e. The molecule has 1 aliphatic carbocycles. The molecule has 0 saturated heterocycles. The predicted molar refractivity (Wildman–Crippen MR) is 52.5 cm³/mol. The molecule has 2 atom stereocenters. The topological polar surface area (TPSA) is 20.2 Å². The van der Waals surface area contributed by atoms with Crippen LogP contribution in [-0.4, -0.2) is 16.1 Å². The fourth-order valence-electron chi connectivity index (χ4n) is 1.81. The minimum absolute atomic E-state index is 0.0950. The molecule has 1 aliphatic rings. The van der Waals surface area contributed by atoms with Gasteiger partial charge in [0.15, 0.2) is 0 Å². The first-order valence-electron chi connectivity index (χ1n) is 4.61. The highest BCUT2D eigenvalue weighted by Gasteiger charge is 2.38. The van der Waals surface area contributed by atoms with E-state index in [0.29, 0.717) is 0 Å². The molecule has 1 saturated carbocycles. The van der Waals surface area contributed by atoms with Gasteiger partial charge < -0.3 is 5.11 Å². The summed E-state index contributed by atoms with van der Waals surface area (Å²) in [7, 11) is 0. The molecule has 0 spiro atoms. The van der Waals surface area contributed by atoms with Crippen molar-refractivity contribution in [3.8, 4) is 0 Å². The van der Waals surface area contributed by atoms with Crippen LogP contribution in [0.15, 0.2) is 11.6 Å². The first-order chi connectivity index (χ1) is 5.61. The highest BCUT2D eigenvalue weighted by Crippen LogP contribution is 2.37. The first kappa shape index (κ1) is 10.1. The van der Waals surface area contributed by atoms with Gasteiger partial charge in [-0.15, -0.1) is 11.6 Å². The van der Waals surface area contributed by atoms with Crippen LogP contribution < -0.4 is 0 Å². The van der Waals surface area contributed by atoms with Crippen LogP contribution in [-0.2, 0) is 0 Å². The molecule has 12 heavy (non-hydrogen) atoms. The van der Waals surface area contributed by atoms with E-state index < -0.39 is 5.60 Å². The van der Waals surface area contributed by atoms with Gasteiger partial charge in [-0.3, -0.25) is 0 Å². The second kappa shape index (κ2) is 3.80. The summed E-state index contributed by atoms with van der Waals surface area (Å²) in [5.74, 6) is 0. The summed E-state index contributed by atoms with van der Waals surface area (Å²) >= 11 is 6.11. The molecule has 0 radical (unpaired) electrons. The van der Waals surface area contributed by atoms with Crippen molar-refractivity contribution in [1.82, 2.24) is 0 Å². The highest BCUT2D eigenvalue weighted by atomic mass is 35.5. The zero-order valence-electron chi connectivity index (χ0n) is 7.81. The van der Waals surface area contributed by atoms with Gasteiger partial charge in [-0.25, -0.2) is 0 Å². The Bertz CT molecular complexity index is 188. The molecule has 1 nitrogen and oxygen atoms in total. The lowest BCUT2D eigenvalue weighted by atomic mass is 9.79. The van der Waals surface area contributed by atoms with Gasteiger partial charge in [0, 0.05) is 0 Å². The molecule has 0 unspecified atom stereocenters. The number of hydrogen-bond acceptors (Lipinski definition) is 1. The second-order valence-electron chi connectivity index (χ2n) is 3.61. The Hall–Kier alpha value is -0.0100. The minimum Gasteiger partial charge on any atom is -0.384 e. The molecule has 1 N–H and O–H groups in total. The molecule has 0 aromatic heterocycles. The van der Waals surface area contributed by atoms with Crippen molar-refractivity contribution < 1.29 is 5.11 Å². The van der Waals surface area contributed by atoms with Crippen molar-refractivity contribution in [1.29, 1.82) is 0 Å². The maximum atomic E-state index is 10.2. The maximum absolute atomic E-state index is 10.2. The molecule has 0 aliphatic heterocycles. The summed E-state index contributed by atoms with van der Waals surface area (Å²) in [6.07, 6.45) is 5.94. The number of halogens is 1. The van der Waals surface area contributed by atoms with Gasteiger partial charge in [-0.05, 0) is 32.3 Å². The third kappa shape index (κ3) is 1.67. The number of hydrogen-bond donors (Lipinski definition) is 1. The van der Waals surface area contributed by atoms with Crippen molar-refractivity contribution >= 4 is 11.6 Å². The standard InChI is InChI=1S/C10H17ClO/c1-3-8(2)10(12)7-5-4-6-9(10)11/h3,9,12H,4-7H2,1-2H3/b8-3-/t9-,10-/m0/s1. The molecular weight excluding hydrogens is 172 g/mol. The van der Waals surface area contributed by atoms with Crippen molar-refractivity contribution in [2.24, 2.45) is 0 Å². The molecule has 0 heterocycles. The Kier molecular flexibility index (Phi) is 3.19. The Balaban J connectivity index is 2.79. The largest absolute Gasteiger partial charge is 0.384 e. The summed E-state index contributed by atoms with van der Waals surface area (Å²) in [5.41, 5.74) is 0.288. The number of rotatable bonds is 1. The zero-order valence-corrected chi connectivity index (χ0v) is 8.56. The van der Waals surface area contributed by atoms with Crippen molar-refractivity contribution in [2.45, 2.75) is 50.5 Å². The van der Waals surface area contributed by atoms with E-state index in [2.05, 4.69) is 0 Å². The SMILES string of the molecule is C/C=C(/C)[C@@]1(O)CCCC[C@@H]1Cl. The average Bonchev–Trinajstić information content (AvgIpc) is 2.09. The van der Waals surface area contributed by atoms with Crippen LogP contribution >= 0.6 is 11.6 Å². The van der Waals surface area contributed by atoms with Gasteiger partial charge in [-0.2, -0.15) is 0 Å². The van der Waals surface area contributed by atoms with Crippen LogP contribution in [0.25, 0.3) is 0 Å². The predicted octanol–water partition coefficient (Wildman–Crippen LogP) is 2.87. The lowest BCUT2D eigenvalue weighted by Crippen LogP contribution is -2.42. The average molecular weight is 189 g/mol. The second-order valence-corrected chi connectivity index (χ2v) is 4.14. The Labute approximate surface area is 79.4 Å². The summed E-state index contributed by atoms with van der Waals surface area (Å²) in [6.45, 7) is 3.91. The van der Waals surface area contributed by atoms with Gasteiger partial charge in [0.2, 0.25) is 0 Å². The molecule has 0 aromatic rings. The van der Waals surface area contributed by atoms with Gasteiger partial charge >= 0.3 is 0 Å². The van der Waals surface area contributed by atoms with Crippen LogP contribution in [0.3, 0.4) is 0 Å². The van der Waals surface area contributed by atoms with E-state index in [9.17, 15) is 5.11 Å². The van der Waals surface area contributed by atoms with Crippen LogP contribution in [0.4, 0.5) is 0 Å². The van der Waals surface area contributed by atoms with Crippen molar-refractivity contribution in [2.75, 3.05) is 0 Å². The van der Waals surface area contributed by atoms with Gasteiger partial charge in [0.25, 0.3) is 0 Å². The van der Waals surface area contributed by atoms with E-state index in [-0.39, 0.29) is 5.38 Å². The third-order valence-corrected chi connectivity index (χ3v) is 3.48. The number of allylic oxidation sites excluding steroid dienone is 1. The molecule has 1 rings (SSSR count). The Morgan fingerprint density at radius 1 is 1.58 bits per heavy atom. The normalized spacial score (nSPS) is 38.3. The summed E-state index contributed by atoms with van der Waals surface area (Å²) in [6, 6.07) is 0. The van der Waals surface area contributed by atoms with Gasteiger partial charge in [0.05, 0.1) is 5.38 Å². The van der Waals surface area contributed by atoms with Gasteiger partial charge in [0.1, 0.15) is 5.60 Å². The molecule has 0 aromatic carbocycles. The summed E-state index contributed by atoms with van der Waals surface area (Å²) in [4.78, 5) is 0. The van der Waals surface area contributed by atoms with Crippen LogP contribution in [0, 0.1) is 0 Å². The summed E-state index contributed by atoms with van der Waals surface area (Å²) < 4.78 is 0. The van der Waals surface area contributed by atoms with E-state index in [0.717, 1.165) is 31.3 Å². The molecular formula is C10H17ClO. The summed E-state index contributed by atoms with van der Waals surface area (Å²) in [5, 5.41) is 10.1. The van der Waals surface area contributed by atoms with E-state index in [1.165, 1.54) is 0 Å². The van der Waals surface area contributed by atoms with Crippen molar-refractivity contribution in [3.63, 3.8) is 0 Å². The van der Waals surface area contributed by atoms with Crippen LogP contribution in [0.2, 0.25) is 0 Å². The third-order valence-electron chi connectivity index (χ3n) is 2.90. The number of alkyl halides is 1. The molecule has 0 bridgehead atoms. The molecule has 2 heteroatoms. The van der Waals surface area contributed by atoms with E-state index in [4.69, 9.17) is 11.6 Å². The lowest BCUT2D eigenvalue weighted by molar-refractivity contribution is 0.0438. The van der Waals surface area contributed by atoms with Crippen LogP contribution in [0.5, 0.6) is 0 Å². The first-order valence-corrected chi connectivity index (χ1v) is 5.04. The smallest absolute Gasteiger partial charge is 0.102 e. The van der Waals surface area contributed by atoms with E-state index >= 15 is 0 Å². The van der Waals surface area contributed by atoms with Crippen molar-refractivity contribution in [3.05, 3.63) is 11.6 Å². The zero-order chi connectivity index (χ0) is 9.19. The molecule has 70 valence electrons. The Morgan fingerprint density at radius 3 is 2.75 bits per heavy atom. The molecule has 0 amide bonds. The monoisotopic (exact) mass is 188 g/mol. The highest BCUT2D eigenvalue weighted by molar-refractivity contribution is 6.21. The lowest BCUT2D eigenvalue weighted by Gasteiger charge is -2.37.